The molecule has 2 saturated heterocycles. The molecule has 18 heavy (non-hydrogen) atoms. The Kier molecular flexibility index (Phi) is 3.20. The van der Waals surface area contributed by atoms with Crippen LogP contribution < -0.4 is 4.90 Å². The molecule has 2 unspecified atom stereocenters. The average Bonchev–Trinajstić information content (AvgIpc) is 2.80. The number of halogens is 1. The molecule has 4 nitrogen and oxygen atoms in total. The first kappa shape index (κ1) is 12.2. The number of carboxylic acid groups (broad SMARTS) is 1. The second kappa shape index (κ2) is 4.70. The van der Waals surface area contributed by atoms with Gasteiger partial charge in [-0.3, -0.25) is 4.79 Å². The van der Waals surface area contributed by atoms with Gasteiger partial charge in [0, 0.05) is 23.9 Å². The lowest BCUT2D eigenvalue weighted by molar-refractivity contribution is -0.138. The standard InChI is InChI=1S/C12H15ClN2O2S/c13-10-6-18-12(14-10)15-8-1-2-9(15)4-7(3-8)5-11(16)17/h6-9H,1-5H2,(H,16,17). The highest BCUT2D eigenvalue weighted by molar-refractivity contribution is 7.14. The zero-order valence-corrected chi connectivity index (χ0v) is 11.5. The lowest BCUT2D eigenvalue weighted by atomic mass is 9.88. The van der Waals surface area contributed by atoms with Crippen LogP contribution in [0.1, 0.15) is 32.1 Å². The molecule has 2 bridgehead atoms. The van der Waals surface area contributed by atoms with E-state index in [0.29, 0.717) is 29.6 Å². The summed E-state index contributed by atoms with van der Waals surface area (Å²) in [6.45, 7) is 0. The fourth-order valence-corrected chi connectivity index (χ4v) is 4.47. The molecule has 0 saturated carbocycles. The third kappa shape index (κ3) is 2.21. The van der Waals surface area contributed by atoms with E-state index in [4.69, 9.17) is 16.7 Å². The largest absolute Gasteiger partial charge is 0.481 e. The molecule has 2 atom stereocenters. The van der Waals surface area contributed by atoms with Crippen LogP contribution in [0.5, 0.6) is 0 Å². The van der Waals surface area contributed by atoms with Crippen molar-refractivity contribution in [1.82, 2.24) is 4.98 Å². The van der Waals surface area contributed by atoms with Crippen LogP contribution in [0, 0.1) is 5.92 Å². The molecule has 0 aliphatic carbocycles. The van der Waals surface area contributed by atoms with Gasteiger partial charge in [-0.2, -0.15) is 0 Å². The summed E-state index contributed by atoms with van der Waals surface area (Å²) in [5.74, 6) is -0.350. The van der Waals surface area contributed by atoms with Crippen molar-refractivity contribution in [2.45, 2.75) is 44.2 Å². The van der Waals surface area contributed by atoms with Crippen molar-refractivity contribution < 1.29 is 9.90 Å². The summed E-state index contributed by atoms with van der Waals surface area (Å²) in [6.07, 6.45) is 4.55. The van der Waals surface area contributed by atoms with E-state index >= 15 is 0 Å². The minimum Gasteiger partial charge on any atom is -0.481 e. The van der Waals surface area contributed by atoms with Crippen molar-refractivity contribution in [2.75, 3.05) is 4.90 Å². The third-order valence-electron chi connectivity index (χ3n) is 3.98. The minimum absolute atomic E-state index is 0.305. The zero-order valence-electron chi connectivity index (χ0n) is 9.88. The van der Waals surface area contributed by atoms with Crippen molar-refractivity contribution in [2.24, 2.45) is 5.92 Å². The summed E-state index contributed by atoms with van der Waals surface area (Å²) < 4.78 is 0. The molecular formula is C12H15ClN2O2S. The number of aliphatic carboxylic acids is 1. The van der Waals surface area contributed by atoms with Crippen molar-refractivity contribution in [3.8, 4) is 0 Å². The Bertz CT molecular complexity index is 451. The molecule has 1 N–H and O–H groups in total. The Morgan fingerprint density at radius 2 is 2.17 bits per heavy atom. The van der Waals surface area contributed by atoms with Gasteiger partial charge in [-0.25, -0.2) is 4.98 Å². The van der Waals surface area contributed by atoms with Gasteiger partial charge in [-0.15, -0.1) is 11.3 Å². The second-order valence-electron chi connectivity index (χ2n) is 5.18. The molecule has 0 aromatic carbocycles. The highest BCUT2D eigenvalue weighted by atomic mass is 35.5. The van der Waals surface area contributed by atoms with E-state index in [-0.39, 0.29) is 0 Å². The highest BCUT2D eigenvalue weighted by Gasteiger charge is 2.42. The van der Waals surface area contributed by atoms with Gasteiger partial charge in [0.2, 0.25) is 0 Å². The van der Waals surface area contributed by atoms with Gasteiger partial charge in [-0.05, 0) is 31.6 Å². The van der Waals surface area contributed by atoms with E-state index in [1.165, 1.54) is 0 Å². The molecule has 6 heteroatoms. The van der Waals surface area contributed by atoms with Crippen LogP contribution in [0.25, 0.3) is 0 Å². The normalized spacial score (nSPS) is 30.7. The average molecular weight is 287 g/mol. The van der Waals surface area contributed by atoms with Gasteiger partial charge < -0.3 is 10.0 Å². The maximum Gasteiger partial charge on any atom is 0.303 e. The van der Waals surface area contributed by atoms with Crippen LogP contribution in [0.15, 0.2) is 5.38 Å². The van der Waals surface area contributed by atoms with Gasteiger partial charge in [-0.1, -0.05) is 11.6 Å². The maximum atomic E-state index is 10.8. The van der Waals surface area contributed by atoms with E-state index in [1.54, 1.807) is 11.3 Å². The van der Waals surface area contributed by atoms with Gasteiger partial charge in [0.05, 0.1) is 0 Å². The molecule has 1 aromatic heterocycles. The number of hydrogen-bond donors (Lipinski definition) is 1. The number of carbonyl (C=O) groups is 1. The second-order valence-corrected chi connectivity index (χ2v) is 6.40. The van der Waals surface area contributed by atoms with Crippen molar-refractivity contribution in [3.05, 3.63) is 10.5 Å². The lowest BCUT2D eigenvalue weighted by Crippen LogP contribution is -2.43. The molecule has 3 rings (SSSR count). The van der Waals surface area contributed by atoms with Gasteiger partial charge in [0.25, 0.3) is 0 Å². The number of carboxylic acids is 1. The number of fused-ring (bicyclic) bond motifs is 2. The van der Waals surface area contributed by atoms with Crippen LogP contribution >= 0.6 is 22.9 Å². The van der Waals surface area contributed by atoms with E-state index < -0.39 is 5.97 Å². The Balaban J connectivity index is 1.75. The maximum absolute atomic E-state index is 10.8. The summed E-state index contributed by atoms with van der Waals surface area (Å²) in [7, 11) is 0. The summed E-state index contributed by atoms with van der Waals surface area (Å²) in [4.78, 5) is 17.5. The zero-order chi connectivity index (χ0) is 12.7. The number of nitrogens with zero attached hydrogens (tertiary/aromatic N) is 2. The number of hydrogen-bond acceptors (Lipinski definition) is 4. The van der Waals surface area contributed by atoms with Gasteiger partial charge in [0.15, 0.2) is 5.13 Å². The predicted octanol–water partition coefficient (Wildman–Crippen LogP) is 3.02. The molecule has 0 radical (unpaired) electrons. The van der Waals surface area contributed by atoms with Crippen molar-refractivity contribution in [1.29, 1.82) is 0 Å². The van der Waals surface area contributed by atoms with Crippen LogP contribution in [0.2, 0.25) is 5.15 Å². The monoisotopic (exact) mass is 286 g/mol. The number of thiazole rings is 1. The van der Waals surface area contributed by atoms with Gasteiger partial charge in [0.1, 0.15) is 5.15 Å². The van der Waals surface area contributed by atoms with Crippen LogP contribution in [-0.4, -0.2) is 28.1 Å². The van der Waals surface area contributed by atoms with E-state index in [1.807, 2.05) is 5.38 Å². The molecule has 2 aliphatic heterocycles. The molecule has 0 spiro atoms. The smallest absolute Gasteiger partial charge is 0.303 e. The Morgan fingerprint density at radius 3 is 2.67 bits per heavy atom. The van der Waals surface area contributed by atoms with E-state index in [2.05, 4.69) is 9.88 Å². The van der Waals surface area contributed by atoms with E-state index in [9.17, 15) is 4.79 Å². The third-order valence-corrected chi connectivity index (χ3v) is 5.16. The SMILES string of the molecule is O=C(O)CC1CC2CCC(C1)N2c1nc(Cl)cs1. The first-order chi connectivity index (χ1) is 8.63. The van der Waals surface area contributed by atoms with Gasteiger partial charge >= 0.3 is 5.97 Å². The van der Waals surface area contributed by atoms with Crippen molar-refractivity contribution >= 4 is 34.0 Å². The first-order valence-electron chi connectivity index (χ1n) is 6.24. The summed E-state index contributed by atoms with van der Waals surface area (Å²) in [5.41, 5.74) is 0. The topological polar surface area (TPSA) is 53.4 Å². The molecule has 1 aromatic rings. The fraction of sp³-hybridized carbons (Fsp3) is 0.667. The highest BCUT2D eigenvalue weighted by Crippen LogP contribution is 2.43. The number of piperidine rings is 1. The number of anilines is 1. The molecule has 98 valence electrons. The Hall–Kier alpha value is -0.810. The Morgan fingerprint density at radius 1 is 1.50 bits per heavy atom. The molecule has 2 fully saturated rings. The number of rotatable bonds is 3. The minimum atomic E-state index is -0.676. The lowest BCUT2D eigenvalue weighted by Gasteiger charge is -2.38. The quantitative estimate of drug-likeness (QED) is 0.928. The first-order valence-corrected chi connectivity index (χ1v) is 7.50. The summed E-state index contributed by atoms with van der Waals surface area (Å²) >= 11 is 7.47. The molecular weight excluding hydrogens is 272 g/mol. The Labute approximate surface area is 115 Å². The fourth-order valence-electron chi connectivity index (χ4n) is 3.38. The predicted molar refractivity (Wildman–Crippen MR) is 71.4 cm³/mol. The molecule has 3 heterocycles. The van der Waals surface area contributed by atoms with Crippen LogP contribution in [0.3, 0.4) is 0 Å². The molecule has 2 aliphatic rings. The van der Waals surface area contributed by atoms with Crippen LogP contribution in [-0.2, 0) is 4.79 Å². The van der Waals surface area contributed by atoms with E-state index in [0.717, 1.165) is 30.8 Å². The summed E-state index contributed by atoms with van der Waals surface area (Å²) in [5, 5.41) is 12.3. The number of aromatic nitrogens is 1. The summed E-state index contributed by atoms with van der Waals surface area (Å²) in [6, 6.07) is 0.908. The molecule has 0 amide bonds. The van der Waals surface area contributed by atoms with Crippen molar-refractivity contribution in [3.63, 3.8) is 0 Å². The van der Waals surface area contributed by atoms with Crippen LogP contribution in [0.4, 0.5) is 5.13 Å².